The molecule has 0 saturated carbocycles. The highest BCUT2D eigenvalue weighted by Crippen LogP contribution is 2.24. The van der Waals surface area contributed by atoms with E-state index in [2.05, 4.69) is 25.5 Å². The van der Waals surface area contributed by atoms with Crippen LogP contribution in [0.15, 0.2) is 60.9 Å². The Morgan fingerprint density at radius 2 is 1.97 bits per heavy atom. The second-order valence-corrected chi connectivity index (χ2v) is 7.80. The van der Waals surface area contributed by atoms with Crippen LogP contribution in [0.5, 0.6) is 0 Å². The first-order chi connectivity index (χ1) is 15.6. The average molecular weight is 436 g/mol. The maximum Gasteiger partial charge on any atom is 0.255 e. The molecule has 0 bridgehead atoms. The summed E-state index contributed by atoms with van der Waals surface area (Å²) >= 11 is 0. The van der Waals surface area contributed by atoms with Crippen molar-refractivity contribution in [3.05, 3.63) is 77.9 Å². The molecular weight excluding hydrogens is 409 g/mol. The summed E-state index contributed by atoms with van der Waals surface area (Å²) in [6, 6.07) is 14.9. The average Bonchev–Trinajstić information content (AvgIpc) is 2.83. The van der Waals surface area contributed by atoms with E-state index in [4.69, 9.17) is 0 Å². The number of anilines is 3. The summed E-state index contributed by atoms with van der Waals surface area (Å²) in [5, 5.41) is 15.8. The Bertz CT molecular complexity index is 1060. The molecule has 4 rings (SSSR count). The van der Waals surface area contributed by atoms with Crippen molar-refractivity contribution in [2.45, 2.75) is 31.8 Å². The maximum absolute atomic E-state index is 13.1. The predicted octanol–water partition coefficient (Wildman–Crippen LogP) is 3.83. The van der Waals surface area contributed by atoms with Gasteiger partial charge in [0.25, 0.3) is 5.91 Å². The standard InChI is InChI=1S/C24H26FN5O2/c25-19-9-7-18(8-10-19)24(32)29-20-5-3-4-17(12-20)14-26-22-13-23(28-16-27-22)30-11-2-1-6-21(30)15-31/h3-5,7-10,12-13,16,21,31H,1-2,6,11,14-15H2,(H,29,32)(H,26,27,28). The summed E-state index contributed by atoms with van der Waals surface area (Å²) < 4.78 is 13.1. The number of aliphatic hydroxyl groups excluding tert-OH is 1. The van der Waals surface area contributed by atoms with Crippen molar-refractivity contribution in [1.29, 1.82) is 0 Å². The fraction of sp³-hybridized carbons (Fsp3) is 0.292. The molecule has 0 aliphatic carbocycles. The lowest BCUT2D eigenvalue weighted by molar-refractivity contribution is 0.102. The predicted molar refractivity (Wildman–Crippen MR) is 122 cm³/mol. The van der Waals surface area contributed by atoms with E-state index >= 15 is 0 Å². The largest absolute Gasteiger partial charge is 0.394 e. The van der Waals surface area contributed by atoms with Crippen LogP contribution in [0, 0.1) is 5.82 Å². The highest BCUT2D eigenvalue weighted by Gasteiger charge is 2.23. The summed E-state index contributed by atoms with van der Waals surface area (Å²) in [4.78, 5) is 23.2. The van der Waals surface area contributed by atoms with E-state index in [0.717, 1.165) is 37.2 Å². The minimum atomic E-state index is -0.380. The topological polar surface area (TPSA) is 90.4 Å². The van der Waals surface area contributed by atoms with Crippen LogP contribution < -0.4 is 15.5 Å². The third-order valence-electron chi connectivity index (χ3n) is 5.55. The number of benzene rings is 2. The van der Waals surface area contributed by atoms with Gasteiger partial charge in [-0.15, -0.1) is 0 Å². The van der Waals surface area contributed by atoms with E-state index in [-0.39, 0.29) is 24.4 Å². The molecule has 1 aromatic heterocycles. The van der Waals surface area contributed by atoms with Gasteiger partial charge >= 0.3 is 0 Å². The van der Waals surface area contributed by atoms with Gasteiger partial charge in [0.15, 0.2) is 0 Å². The third kappa shape index (κ3) is 5.39. The van der Waals surface area contributed by atoms with Crippen molar-refractivity contribution in [3.8, 4) is 0 Å². The van der Waals surface area contributed by atoms with Gasteiger partial charge in [-0.1, -0.05) is 12.1 Å². The molecule has 2 aromatic carbocycles. The van der Waals surface area contributed by atoms with Crippen molar-refractivity contribution in [1.82, 2.24) is 9.97 Å². The Labute approximate surface area is 186 Å². The van der Waals surface area contributed by atoms with Crippen molar-refractivity contribution in [2.24, 2.45) is 0 Å². The number of nitrogens with one attached hydrogen (secondary N) is 2. The summed E-state index contributed by atoms with van der Waals surface area (Å²) in [5.41, 5.74) is 2.01. The molecule has 1 aliphatic rings. The number of hydrogen-bond donors (Lipinski definition) is 3. The maximum atomic E-state index is 13.1. The monoisotopic (exact) mass is 435 g/mol. The van der Waals surface area contributed by atoms with Crippen LogP contribution in [0.1, 0.15) is 35.2 Å². The lowest BCUT2D eigenvalue weighted by atomic mass is 10.0. The molecule has 3 N–H and O–H groups in total. The van der Waals surface area contributed by atoms with Crippen LogP contribution >= 0.6 is 0 Å². The van der Waals surface area contributed by atoms with E-state index < -0.39 is 0 Å². The zero-order chi connectivity index (χ0) is 22.3. The quantitative estimate of drug-likeness (QED) is 0.523. The van der Waals surface area contributed by atoms with Crippen molar-refractivity contribution in [2.75, 3.05) is 28.7 Å². The number of hydrogen-bond acceptors (Lipinski definition) is 6. The van der Waals surface area contributed by atoms with Crippen LogP contribution in [-0.2, 0) is 6.54 Å². The molecule has 1 saturated heterocycles. The van der Waals surface area contributed by atoms with E-state index in [1.807, 2.05) is 24.3 Å². The Hall–Kier alpha value is -3.52. The van der Waals surface area contributed by atoms with Crippen LogP contribution in [0.25, 0.3) is 0 Å². The minimum absolute atomic E-state index is 0.0906. The van der Waals surface area contributed by atoms with Crippen LogP contribution in [-0.4, -0.2) is 40.2 Å². The fourth-order valence-electron chi connectivity index (χ4n) is 3.85. The molecule has 8 heteroatoms. The molecule has 0 radical (unpaired) electrons. The van der Waals surface area contributed by atoms with Crippen LogP contribution in [0.4, 0.5) is 21.7 Å². The Balaban J connectivity index is 1.39. The van der Waals surface area contributed by atoms with Gasteiger partial charge in [-0.25, -0.2) is 14.4 Å². The molecule has 1 fully saturated rings. The van der Waals surface area contributed by atoms with Crippen LogP contribution in [0.3, 0.4) is 0 Å². The first-order valence-corrected chi connectivity index (χ1v) is 10.7. The summed E-state index contributed by atoms with van der Waals surface area (Å²) in [6.07, 6.45) is 4.69. The van der Waals surface area contributed by atoms with E-state index in [0.29, 0.717) is 23.6 Å². The molecule has 166 valence electrons. The minimum Gasteiger partial charge on any atom is -0.394 e. The molecule has 0 spiro atoms. The lowest BCUT2D eigenvalue weighted by Crippen LogP contribution is -2.42. The summed E-state index contributed by atoms with van der Waals surface area (Å²) in [5.74, 6) is 0.824. The summed E-state index contributed by atoms with van der Waals surface area (Å²) in [7, 11) is 0. The van der Waals surface area contributed by atoms with Gasteiger partial charge in [-0.2, -0.15) is 0 Å². The molecule has 1 aliphatic heterocycles. The molecule has 1 atom stereocenters. The number of nitrogens with zero attached hydrogens (tertiary/aromatic N) is 3. The first kappa shape index (κ1) is 21.7. The molecule has 7 nitrogen and oxygen atoms in total. The number of carbonyl (C=O) groups excluding carboxylic acids is 1. The fourth-order valence-corrected chi connectivity index (χ4v) is 3.85. The Morgan fingerprint density at radius 1 is 1.12 bits per heavy atom. The van der Waals surface area contributed by atoms with Gasteiger partial charge in [0, 0.05) is 30.4 Å². The summed E-state index contributed by atoms with van der Waals surface area (Å²) in [6.45, 7) is 1.50. The number of amides is 1. The second kappa shape index (κ2) is 10.2. The number of carbonyl (C=O) groups is 1. The molecular formula is C24H26FN5O2. The highest BCUT2D eigenvalue weighted by molar-refractivity contribution is 6.04. The highest BCUT2D eigenvalue weighted by atomic mass is 19.1. The normalized spacial score (nSPS) is 15.9. The SMILES string of the molecule is O=C(Nc1cccc(CNc2cc(N3CCCCC3CO)ncn2)c1)c1ccc(F)cc1. The third-order valence-corrected chi connectivity index (χ3v) is 5.55. The van der Waals surface area contributed by atoms with Crippen molar-refractivity contribution in [3.63, 3.8) is 0 Å². The van der Waals surface area contributed by atoms with E-state index in [1.165, 1.54) is 30.6 Å². The number of aromatic nitrogens is 2. The molecule has 1 amide bonds. The molecule has 1 unspecified atom stereocenters. The van der Waals surface area contributed by atoms with Gasteiger partial charge in [-0.3, -0.25) is 4.79 Å². The zero-order valence-corrected chi connectivity index (χ0v) is 17.7. The van der Waals surface area contributed by atoms with Crippen molar-refractivity contribution >= 4 is 23.2 Å². The lowest BCUT2D eigenvalue weighted by Gasteiger charge is -2.35. The van der Waals surface area contributed by atoms with Gasteiger partial charge in [0.1, 0.15) is 23.8 Å². The van der Waals surface area contributed by atoms with Crippen LogP contribution in [0.2, 0.25) is 0 Å². The van der Waals surface area contributed by atoms with E-state index in [9.17, 15) is 14.3 Å². The number of piperidine rings is 1. The van der Waals surface area contributed by atoms with Gasteiger partial charge in [-0.05, 0) is 61.2 Å². The molecule has 2 heterocycles. The smallest absolute Gasteiger partial charge is 0.255 e. The second-order valence-electron chi connectivity index (χ2n) is 7.80. The van der Waals surface area contributed by atoms with E-state index in [1.54, 1.807) is 6.07 Å². The van der Waals surface area contributed by atoms with Gasteiger partial charge in [0.05, 0.1) is 12.6 Å². The van der Waals surface area contributed by atoms with Crippen molar-refractivity contribution < 1.29 is 14.3 Å². The first-order valence-electron chi connectivity index (χ1n) is 10.7. The van der Waals surface area contributed by atoms with Gasteiger partial charge in [0.2, 0.25) is 0 Å². The number of rotatable bonds is 7. The van der Waals surface area contributed by atoms with Gasteiger partial charge < -0.3 is 20.6 Å². The number of halogens is 1. The Morgan fingerprint density at radius 3 is 2.78 bits per heavy atom. The molecule has 32 heavy (non-hydrogen) atoms. The number of aliphatic hydroxyl groups is 1. The Kier molecular flexibility index (Phi) is 6.91. The zero-order valence-electron chi connectivity index (χ0n) is 17.7. The molecule has 3 aromatic rings.